The fraction of sp³-hybridized carbons (Fsp3) is 0.350. The Morgan fingerprint density at radius 1 is 1.07 bits per heavy atom. The van der Waals surface area contributed by atoms with Crippen LogP contribution >= 0.6 is 0 Å². The van der Waals surface area contributed by atoms with Gasteiger partial charge in [0.2, 0.25) is 15.9 Å². The van der Waals surface area contributed by atoms with Crippen molar-refractivity contribution >= 4 is 15.9 Å². The van der Waals surface area contributed by atoms with Crippen molar-refractivity contribution < 1.29 is 22.7 Å². The molecule has 0 aliphatic rings. The Balaban J connectivity index is 2.05. The number of benzene rings is 2. The molecule has 2 aromatic rings. The first kappa shape index (κ1) is 22.0. The molecule has 2 aromatic carbocycles. The van der Waals surface area contributed by atoms with Crippen LogP contribution in [0.5, 0.6) is 0 Å². The Bertz CT molecular complexity index is 905. The van der Waals surface area contributed by atoms with Crippen molar-refractivity contribution in [1.29, 1.82) is 0 Å². The predicted molar refractivity (Wildman–Crippen MR) is 105 cm³/mol. The van der Waals surface area contributed by atoms with E-state index in [4.69, 9.17) is 0 Å². The van der Waals surface area contributed by atoms with Gasteiger partial charge in [-0.25, -0.2) is 12.8 Å². The minimum atomic E-state index is -3.99. The van der Waals surface area contributed by atoms with Crippen LogP contribution in [0.15, 0.2) is 53.4 Å². The van der Waals surface area contributed by atoms with Crippen LogP contribution in [0.25, 0.3) is 0 Å². The van der Waals surface area contributed by atoms with Gasteiger partial charge in [0.05, 0.1) is 11.5 Å². The van der Waals surface area contributed by atoms with Gasteiger partial charge in [-0.2, -0.15) is 4.72 Å². The number of sulfonamides is 1. The van der Waals surface area contributed by atoms with Crippen molar-refractivity contribution in [2.24, 2.45) is 0 Å². The third kappa shape index (κ3) is 5.85. The second-order valence-electron chi connectivity index (χ2n) is 7.48. The van der Waals surface area contributed by atoms with Gasteiger partial charge in [0, 0.05) is 6.54 Å². The van der Waals surface area contributed by atoms with Gasteiger partial charge in [0.25, 0.3) is 0 Å². The number of amides is 1. The lowest BCUT2D eigenvalue weighted by molar-refractivity contribution is -0.123. The molecule has 0 fully saturated rings. The van der Waals surface area contributed by atoms with Crippen LogP contribution in [-0.2, 0) is 26.8 Å². The molecule has 0 saturated heterocycles. The Morgan fingerprint density at radius 3 is 2.14 bits per heavy atom. The molecule has 8 heteroatoms. The Hall–Kier alpha value is -2.29. The topological polar surface area (TPSA) is 95.5 Å². The number of rotatable bonds is 7. The second kappa shape index (κ2) is 8.81. The summed E-state index contributed by atoms with van der Waals surface area (Å²) in [7, 11) is -3.99. The fourth-order valence-corrected chi connectivity index (χ4v) is 3.66. The molecule has 0 heterocycles. The fourth-order valence-electron chi connectivity index (χ4n) is 2.48. The zero-order chi connectivity index (χ0) is 20.9. The van der Waals surface area contributed by atoms with Crippen LogP contribution in [0.3, 0.4) is 0 Å². The minimum Gasteiger partial charge on any atom is -0.394 e. The molecule has 1 amide bonds. The van der Waals surface area contributed by atoms with Gasteiger partial charge in [0.1, 0.15) is 11.9 Å². The van der Waals surface area contributed by atoms with Crippen molar-refractivity contribution in [3.05, 3.63) is 65.5 Å². The first-order chi connectivity index (χ1) is 13.0. The van der Waals surface area contributed by atoms with Gasteiger partial charge in [-0.05, 0) is 40.8 Å². The smallest absolute Gasteiger partial charge is 0.241 e. The molecule has 0 radical (unpaired) electrons. The zero-order valence-corrected chi connectivity index (χ0v) is 16.9. The number of halogens is 1. The van der Waals surface area contributed by atoms with E-state index >= 15 is 0 Å². The lowest BCUT2D eigenvalue weighted by atomic mass is 9.87. The summed E-state index contributed by atoms with van der Waals surface area (Å²) in [6.07, 6.45) is 0. The number of aliphatic hydroxyl groups excluding tert-OH is 1. The van der Waals surface area contributed by atoms with E-state index in [0.29, 0.717) is 5.56 Å². The monoisotopic (exact) mass is 408 g/mol. The van der Waals surface area contributed by atoms with Gasteiger partial charge in [-0.15, -0.1) is 0 Å². The lowest BCUT2D eigenvalue weighted by Crippen LogP contribution is -2.48. The molecule has 28 heavy (non-hydrogen) atoms. The van der Waals surface area contributed by atoms with Crippen molar-refractivity contribution in [1.82, 2.24) is 10.0 Å². The molecule has 0 aromatic heterocycles. The van der Waals surface area contributed by atoms with E-state index in [-0.39, 0.29) is 16.9 Å². The lowest BCUT2D eigenvalue weighted by Gasteiger charge is -2.20. The van der Waals surface area contributed by atoms with Crippen LogP contribution in [0.2, 0.25) is 0 Å². The highest BCUT2D eigenvalue weighted by Gasteiger charge is 2.25. The predicted octanol–water partition coefficient (Wildman–Crippen LogP) is 2.08. The molecule has 152 valence electrons. The van der Waals surface area contributed by atoms with Crippen LogP contribution in [0.1, 0.15) is 31.9 Å². The molecule has 0 aliphatic heterocycles. The van der Waals surface area contributed by atoms with Crippen LogP contribution in [0.4, 0.5) is 4.39 Å². The molecule has 0 aliphatic carbocycles. The molecule has 0 spiro atoms. The van der Waals surface area contributed by atoms with Gasteiger partial charge in [-0.1, -0.05) is 45.0 Å². The summed E-state index contributed by atoms with van der Waals surface area (Å²) >= 11 is 0. The standard InChI is InChI=1S/C20H25FN2O4S/c1-20(2,3)15-6-10-17(11-7-15)28(26,27)23-18(13-24)19(25)22-12-14-4-8-16(21)9-5-14/h4-11,18,23-24H,12-13H2,1-3H3,(H,22,25)/t18-/m0/s1. The van der Waals surface area contributed by atoms with Gasteiger partial charge in [0.15, 0.2) is 0 Å². The summed E-state index contributed by atoms with van der Waals surface area (Å²) in [5.74, 6) is -1.07. The number of carbonyl (C=O) groups excluding carboxylic acids is 1. The van der Waals surface area contributed by atoms with E-state index in [2.05, 4.69) is 10.0 Å². The van der Waals surface area contributed by atoms with E-state index in [0.717, 1.165) is 5.56 Å². The van der Waals surface area contributed by atoms with Crippen molar-refractivity contribution in [2.45, 2.75) is 43.7 Å². The molecular weight excluding hydrogens is 383 g/mol. The summed E-state index contributed by atoms with van der Waals surface area (Å²) in [5, 5.41) is 12.0. The molecule has 0 saturated carbocycles. The van der Waals surface area contributed by atoms with Gasteiger partial charge >= 0.3 is 0 Å². The summed E-state index contributed by atoms with van der Waals surface area (Å²) in [4.78, 5) is 12.2. The number of nitrogens with one attached hydrogen (secondary N) is 2. The Morgan fingerprint density at radius 2 is 1.64 bits per heavy atom. The van der Waals surface area contributed by atoms with Crippen LogP contribution in [0, 0.1) is 5.82 Å². The number of hydrogen-bond acceptors (Lipinski definition) is 4. The highest BCUT2D eigenvalue weighted by atomic mass is 32.2. The number of aliphatic hydroxyl groups is 1. The Kier molecular flexibility index (Phi) is 6.92. The first-order valence-corrected chi connectivity index (χ1v) is 10.3. The van der Waals surface area contributed by atoms with E-state index in [1.54, 1.807) is 12.1 Å². The molecule has 0 bridgehead atoms. The highest BCUT2D eigenvalue weighted by Crippen LogP contribution is 2.23. The summed E-state index contributed by atoms with van der Waals surface area (Å²) in [5.41, 5.74) is 1.50. The number of hydrogen-bond donors (Lipinski definition) is 3. The SMILES string of the molecule is CC(C)(C)c1ccc(S(=O)(=O)N[C@@H](CO)C(=O)NCc2ccc(F)cc2)cc1. The molecule has 2 rings (SSSR count). The van der Waals surface area contributed by atoms with Gasteiger partial charge < -0.3 is 10.4 Å². The first-order valence-electron chi connectivity index (χ1n) is 8.79. The van der Waals surface area contributed by atoms with Crippen molar-refractivity contribution in [3.8, 4) is 0 Å². The van der Waals surface area contributed by atoms with Crippen molar-refractivity contribution in [3.63, 3.8) is 0 Å². The molecular formula is C20H25FN2O4S. The maximum atomic E-state index is 12.9. The molecule has 6 nitrogen and oxygen atoms in total. The summed E-state index contributed by atoms with van der Waals surface area (Å²) in [6.45, 7) is 5.43. The van der Waals surface area contributed by atoms with Gasteiger partial charge in [-0.3, -0.25) is 4.79 Å². The number of carbonyl (C=O) groups is 1. The van der Waals surface area contributed by atoms with E-state index in [1.807, 2.05) is 20.8 Å². The Labute approximate surface area is 164 Å². The third-order valence-corrected chi connectivity index (χ3v) is 5.69. The maximum absolute atomic E-state index is 12.9. The average molecular weight is 408 g/mol. The quantitative estimate of drug-likeness (QED) is 0.654. The van der Waals surface area contributed by atoms with Crippen molar-refractivity contribution in [2.75, 3.05) is 6.61 Å². The normalized spacial score (nSPS) is 13.2. The van der Waals surface area contributed by atoms with Crippen LogP contribution < -0.4 is 10.0 Å². The van der Waals surface area contributed by atoms with E-state index in [9.17, 15) is 22.7 Å². The maximum Gasteiger partial charge on any atom is 0.241 e. The zero-order valence-electron chi connectivity index (χ0n) is 16.1. The van der Waals surface area contributed by atoms with Crippen LogP contribution in [-0.4, -0.2) is 32.1 Å². The average Bonchev–Trinajstić information content (AvgIpc) is 2.65. The highest BCUT2D eigenvalue weighted by molar-refractivity contribution is 7.89. The summed E-state index contributed by atoms with van der Waals surface area (Å²) in [6, 6.07) is 10.6. The van der Waals surface area contributed by atoms with E-state index in [1.165, 1.54) is 36.4 Å². The molecule has 0 unspecified atom stereocenters. The second-order valence-corrected chi connectivity index (χ2v) is 9.19. The summed E-state index contributed by atoms with van der Waals surface area (Å²) < 4.78 is 40.2. The third-order valence-electron chi connectivity index (χ3n) is 4.21. The minimum absolute atomic E-state index is 0.00489. The molecule has 1 atom stereocenters. The largest absolute Gasteiger partial charge is 0.394 e. The van der Waals surface area contributed by atoms with E-state index < -0.39 is 34.4 Å². The molecule has 3 N–H and O–H groups in total.